The van der Waals surface area contributed by atoms with Crippen LogP contribution >= 0.6 is 0 Å². The number of carbonyl (C=O) groups excluding carboxylic acids is 2. The lowest BCUT2D eigenvalue weighted by Gasteiger charge is -2.27. The normalized spacial score (nSPS) is 17.3. The summed E-state index contributed by atoms with van der Waals surface area (Å²) in [6, 6.07) is 4.62. The van der Waals surface area contributed by atoms with Crippen LogP contribution in [-0.2, 0) is 14.4 Å². The van der Waals surface area contributed by atoms with Gasteiger partial charge in [-0.05, 0) is 57.2 Å². The van der Waals surface area contributed by atoms with Crippen LogP contribution in [0.3, 0.4) is 0 Å². The highest BCUT2D eigenvalue weighted by Gasteiger charge is 2.36. The van der Waals surface area contributed by atoms with Crippen molar-refractivity contribution in [1.29, 1.82) is 0 Å². The first-order valence-corrected chi connectivity index (χ1v) is 14.4. The van der Waals surface area contributed by atoms with E-state index in [9.17, 15) is 34.5 Å². The number of aliphatic carboxylic acids is 2. The molecule has 0 saturated carbocycles. The molecule has 42 heavy (non-hydrogen) atoms. The maximum absolute atomic E-state index is 12.7. The van der Waals surface area contributed by atoms with Gasteiger partial charge in [0.1, 0.15) is 36.2 Å². The van der Waals surface area contributed by atoms with E-state index in [0.29, 0.717) is 62.1 Å². The van der Waals surface area contributed by atoms with E-state index in [4.69, 9.17) is 4.74 Å². The van der Waals surface area contributed by atoms with E-state index < -0.39 is 42.1 Å². The van der Waals surface area contributed by atoms with Crippen molar-refractivity contribution >= 4 is 34.7 Å². The van der Waals surface area contributed by atoms with Gasteiger partial charge in [-0.25, -0.2) is 4.79 Å². The summed E-state index contributed by atoms with van der Waals surface area (Å²) in [5.74, 6) is -2.35. The maximum atomic E-state index is 12.7. The summed E-state index contributed by atoms with van der Waals surface area (Å²) < 4.78 is 5.80. The minimum Gasteiger partial charge on any atom is -0.490 e. The zero-order valence-corrected chi connectivity index (χ0v) is 24.4. The molecular formula is C29H43N5O8. The van der Waals surface area contributed by atoms with Crippen LogP contribution in [0.2, 0.25) is 0 Å². The lowest BCUT2D eigenvalue weighted by atomic mass is 10.1. The van der Waals surface area contributed by atoms with Crippen LogP contribution in [0.25, 0.3) is 10.9 Å². The van der Waals surface area contributed by atoms with E-state index in [1.165, 1.54) is 4.90 Å². The number of fused-ring (bicyclic) bond motifs is 1. The molecule has 1 aromatic carbocycles. The number of hydrogen-bond acceptors (Lipinski definition) is 8. The quantitative estimate of drug-likeness (QED) is 0.132. The van der Waals surface area contributed by atoms with Crippen LogP contribution in [0.4, 0.5) is 0 Å². The Kier molecular flexibility index (Phi) is 12.1. The SMILES string of the molecule is CC(C)NCC(O)COc1cccc2[nH]c(C(=O)NCCCCC(NC(C)C(=O)N3CCC[C@H]3C(=O)O)C(=O)O)cc12. The number of unbranched alkanes of at least 4 members (excludes halogenated alkanes) is 1. The van der Waals surface area contributed by atoms with Crippen molar-refractivity contribution in [2.75, 3.05) is 26.2 Å². The number of aromatic nitrogens is 1. The molecule has 0 radical (unpaired) electrons. The first kappa shape index (κ1) is 32.8. The van der Waals surface area contributed by atoms with Crippen molar-refractivity contribution in [2.45, 2.75) is 83.1 Å². The number of benzene rings is 1. The Morgan fingerprint density at radius 2 is 1.90 bits per heavy atom. The van der Waals surface area contributed by atoms with Crippen LogP contribution < -0.4 is 20.7 Å². The Morgan fingerprint density at radius 3 is 2.60 bits per heavy atom. The molecule has 1 aliphatic rings. The van der Waals surface area contributed by atoms with Crippen LogP contribution in [0.1, 0.15) is 63.4 Å². The van der Waals surface area contributed by atoms with Crippen molar-refractivity contribution < 1.29 is 39.2 Å². The number of hydrogen-bond donors (Lipinski definition) is 7. The molecule has 0 bridgehead atoms. The van der Waals surface area contributed by atoms with Crippen LogP contribution in [0.15, 0.2) is 24.3 Å². The van der Waals surface area contributed by atoms with Crippen LogP contribution in [0.5, 0.6) is 5.75 Å². The number of ether oxygens (including phenoxy) is 1. The number of likely N-dealkylation sites (tertiary alicyclic amines) is 1. The standard InChI is InChI=1S/C29H43N5O8/c1-17(2)31-15-19(35)16-42-25-11-6-9-21-20(25)14-23(33-21)26(36)30-12-5-4-8-22(28(38)39)32-18(3)27(37)34-13-7-10-24(34)29(40)41/h6,9,11,14,17-19,22,24,31-33,35H,4-5,7-8,10,12-13,15-16H2,1-3H3,(H,30,36)(H,38,39)(H,40,41)/t18?,19?,22?,24-/m0/s1. The first-order valence-electron chi connectivity index (χ1n) is 14.4. The smallest absolute Gasteiger partial charge is 0.326 e. The number of carboxylic acids is 2. The minimum atomic E-state index is -1.10. The van der Waals surface area contributed by atoms with Gasteiger partial charge in [0.15, 0.2) is 0 Å². The highest BCUT2D eigenvalue weighted by Crippen LogP contribution is 2.26. The number of aromatic amines is 1. The fourth-order valence-corrected chi connectivity index (χ4v) is 4.95. The van der Waals surface area contributed by atoms with Gasteiger partial charge in [-0.2, -0.15) is 0 Å². The third-order valence-electron chi connectivity index (χ3n) is 7.21. The van der Waals surface area contributed by atoms with E-state index in [-0.39, 0.29) is 25.0 Å². The summed E-state index contributed by atoms with van der Waals surface area (Å²) in [6.07, 6.45) is 1.53. The second kappa shape index (κ2) is 15.5. The molecule has 232 valence electrons. The molecule has 4 atom stereocenters. The van der Waals surface area contributed by atoms with Gasteiger partial charge in [-0.1, -0.05) is 19.9 Å². The van der Waals surface area contributed by atoms with E-state index in [2.05, 4.69) is 20.9 Å². The number of carbonyl (C=O) groups is 4. The number of aliphatic hydroxyl groups excluding tert-OH is 1. The van der Waals surface area contributed by atoms with Crippen LogP contribution in [0, 0.1) is 0 Å². The summed E-state index contributed by atoms with van der Waals surface area (Å²) in [6.45, 7) is 6.69. The van der Waals surface area contributed by atoms with Crippen molar-refractivity contribution in [1.82, 2.24) is 25.8 Å². The predicted octanol–water partition coefficient (Wildman–Crippen LogP) is 1.31. The highest BCUT2D eigenvalue weighted by molar-refractivity contribution is 5.99. The molecule has 2 amide bonds. The summed E-state index contributed by atoms with van der Waals surface area (Å²) in [5.41, 5.74) is 1.07. The molecule has 1 fully saturated rings. The third-order valence-corrected chi connectivity index (χ3v) is 7.21. The topological polar surface area (TPSA) is 193 Å². The summed E-state index contributed by atoms with van der Waals surface area (Å²) in [5, 5.41) is 38.6. The molecule has 2 aromatic rings. The summed E-state index contributed by atoms with van der Waals surface area (Å²) in [7, 11) is 0. The number of amides is 2. The molecule has 1 aliphatic heterocycles. The molecule has 1 saturated heterocycles. The van der Waals surface area contributed by atoms with Gasteiger partial charge in [-0.15, -0.1) is 0 Å². The Labute approximate surface area is 245 Å². The van der Waals surface area contributed by atoms with E-state index >= 15 is 0 Å². The number of rotatable bonds is 17. The van der Waals surface area contributed by atoms with Gasteiger partial charge < -0.3 is 40.6 Å². The van der Waals surface area contributed by atoms with Crippen molar-refractivity contribution in [3.05, 3.63) is 30.0 Å². The molecule has 2 heterocycles. The fourth-order valence-electron chi connectivity index (χ4n) is 4.95. The average Bonchev–Trinajstić information content (AvgIpc) is 3.61. The third kappa shape index (κ3) is 9.16. The Bertz CT molecular complexity index is 1230. The number of nitrogens with zero attached hydrogens (tertiary/aromatic N) is 1. The molecule has 3 unspecified atom stereocenters. The Hall–Kier alpha value is -3.68. The van der Waals surface area contributed by atoms with Crippen molar-refractivity contribution in [2.24, 2.45) is 0 Å². The van der Waals surface area contributed by atoms with Crippen LogP contribution in [-0.4, -0.2) is 105 Å². The van der Waals surface area contributed by atoms with Gasteiger partial charge >= 0.3 is 11.9 Å². The molecule has 0 spiro atoms. The molecule has 3 rings (SSSR count). The second-order valence-corrected chi connectivity index (χ2v) is 11.0. The highest BCUT2D eigenvalue weighted by atomic mass is 16.5. The number of nitrogens with one attached hydrogen (secondary N) is 4. The van der Waals surface area contributed by atoms with Gasteiger partial charge in [0.2, 0.25) is 5.91 Å². The summed E-state index contributed by atoms with van der Waals surface area (Å²) in [4.78, 5) is 53.0. The second-order valence-electron chi connectivity index (χ2n) is 11.0. The van der Waals surface area contributed by atoms with Crippen molar-refractivity contribution in [3.63, 3.8) is 0 Å². The zero-order chi connectivity index (χ0) is 30.8. The van der Waals surface area contributed by atoms with Gasteiger partial charge in [-0.3, -0.25) is 19.7 Å². The maximum Gasteiger partial charge on any atom is 0.326 e. The van der Waals surface area contributed by atoms with E-state index in [1.807, 2.05) is 19.9 Å². The molecular weight excluding hydrogens is 546 g/mol. The zero-order valence-electron chi connectivity index (χ0n) is 24.4. The van der Waals surface area contributed by atoms with Gasteiger partial charge in [0, 0.05) is 36.6 Å². The van der Waals surface area contributed by atoms with E-state index in [1.54, 1.807) is 25.1 Å². The fraction of sp³-hybridized carbons (Fsp3) is 0.586. The van der Waals surface area contributed by atoms with Crippen molar-refractivity contribution in [3.8, 4) is 5.75 Å². The van der Waals surface area contributed by atoms with E-state index in [0.717, 1.165) is 5.52 Å². The molecule has 7 N–H and O–H groups in total. The number of carboxylic acid groups (broad SMARTS) is 2. The Morgan fingerprint density at radius 1 is 1.14 bits per heavy atom. The Balaban J connectivity index is 1.45. The lowest BCUT2D eigenvalue weighted by Crippen LogP contribution is -2.53. The van der Waals surface area contributed by atoms with Gasteiger partial charge in [0.25, 0.3) is 5.91 Å². The summed E-state index contributed by atoms with van der Waals surface area (Å²) >= 11 is 0. The monoisotopic (exact) mass is 589 g/mol. The average molecular weight is 590 g/mol. The minimum absolute atomic E-state index is 0.103. The number of H-pyrrole nitrogens is 1. The molecule has 1 aromatic heterocycles. The molecule has 13 nitrogen and oxygen atoms in total. The largest absolute Gasteiger partial charge is 0.490 e. The van der Waals surface area contributed by atoms with Gasteiger partial charge in [0.05, 0.1) is 6.04 Å². The first-order chi connectivity index (χ1) is 20.0. The number of aliphatic hydroxyl groups is 1. The molecule has 0 aliphatic carbocycles. The predicted molar refractivity (Wildman–Crippen MR) is 156 cm³/mol. The lowest BCUT2D eigenvalue weighted by molar-refractivity contribution is -0.149. The molecule has 13 heteroatoms.